The summed E-state index contributed by atoms with van der Waals surface area (Å²) in [4.78, 5) is 19.4. The molecule has 0 aromatic carbocycles. The molecule has 88 valence electrons. The van der Waals surface area contributed by atoms with E-state index < -0.39 is 0 Å². The minimum atomic E-state index is -0.0618. The third-order valence-electron chi connectivity index (χ3n) is 1.81. The van der Waals surface area contributed by atoms with Crippen molar-refractivity contribution >= 4 is 11.7 Å². The van der Waals surface area contributed by atoms with E-state index in [0.29, 0.717) is 18.1 Å². The fourth-order valence-corrected chi connectivity index (χ4v) is 1.19. The highest BCUT2D eigenvalue weighted by atomic mass is 16.5. The maximum atomic E-state index is 11.6. The summed E-state index contributed by atoms with van der Waals surface area (Å²) in [5.74, 6) is 0.829. The maximum Gasteiger partial charge on any atom is 0.226 e. The Morgan fingerprint density at radius 1 is 1.44 bits per heavy atom. The summed E-state index contributed by atoms with van der Waals surface area (Å²) in [5.41, 5.74) is -0.0405. The number of anilines is 1. The predicted octanol–water partition coefficient (Wildman–Crippen LogP) is 1.86. The molecule has 1 amide bonds. The zero-order valence-electron chi connectivity index (χ0n) is 10.1. The van der Waals surface area contributed by atoms with Crippen molar-refractivity contribution in [3.8, 4) is 5.88 Å². The van der Waals surface area contributed by atoms with E-state index in [1.165, 1.54) is 13.4 Å². The van der Waals surface area contributed by atoms with Crippen LogP contribution in [-0.4, -0.2) is 23.0 Å². The van der Waals surface area contributed by atoms with Gasteiger partial charge in [0, 0.05) is 12.5 Å². The smallest absolute Gasteiger partial charge is 0.226 e. The highest BCUT2D eigenvalue weighted by Gasteiger charge is 2.16. The Kier molecular flexibility index (Phi) is 3.82. The summed E-state index contributed by atoms with van der Waals surface area (Å²) in [6, 6.07) is 1.58. The molecule has 0 saturated carbocycles. The van der Waals surface area contributed by atoms with Crippen LogP contribution in [0.25, 0.3) is 0 Å². The number of amides is 1. The Bertz CT molecular complexity index is 372. The fourth-order valence-electron chi connectivity index (χ4n) is 1.19. The van der Waals surface area contributed by atoms with Gasteiger partial charge in [-0.15, -0.1) is 0 Å². The van der Waals surface area contributed by atoms with Crippen LogP contribution in [0.2, 0.25) is 0 Å². The molecule has 1 N–H and O–H groups in total. The van der Waals surface area contributed by atoms with Crippen LogP contribution < -0.4 is 10.1 Å². The van der Waals surface area contributed by atoms with Gasteiger partial charge in [0.1, 0.15) is 12.1 Å². The second-order valence-corrected chi connectivity index (χ2v) is 4.73. The van der Waals surface area contributed by atoms with Crippen LogP contribution in [0.15, 0.2) is 12.4 Å². The molecule has 0 aliphatic heterocycles. The molecule has 0 unspecified atom stereocenters. The molecule has 0 aliphatic rings. The predicted molar refractivity (Wildman–Crippen MR) is 61.3 cm³/mol. The lowest BCUT2D eigenvalue weighted by atomic mass is 9.92. The quantitative estimate of drug-likeness (QED) is 0.849. The minimum Gasteiger partial charge on any atom is -0.481 e. The molecule has 1 aromatic heterocycles. The van der Waals surface area contributed by atoms with Crippen LogP contribution in [0.4, 0.5) is 5.82 Å². The number of aromatic nitrogens is 2. The monoisotopic (exact) mass is 223 g/mol. The van der Waals surface area contributed by atoms with E-state index >= 15 is 0 Å². The van der Waals surface area contributed by atoms with Crippen molar-refractivity contribution in [2.24, 2.45) is 5.41 Å². The van der Waals surface area contributed by atoms with Crippen LogP contribution in [-0.2, 0) is 4.79 Å². The average Bonchev–Trinajstić information content (AvgIpc) is 2.15. The normalized spacial score (nSPS) is 11.0. The van der Waals surface area contributed by atoms with Gasteiger partial charge < -0.3 is 10.1 Å². The van der Waals surface area contributed by atoms with Gasteiger partial charge >= 0.3 is 0 Å². The van der Waals surface area contributed by atoms with Crippen molar-refractivity contribution < 1.29 is 9.53 Å². The molecule has 0 fully saturated rings. The van der Waals surface area contributed by atoms with E-state index in [4.69, 9.17) is 4.74 Å². The van der Waals surface area contributed by atoms with Crippen molar-refractivity contribution in [2.45, 2.75) is 27.2 Å². The summed E-state index contributed by atoms with van der Waals surface area (Å²) >= 11 is 0. The Hall–Kier alpha value is -1.65. The molecule has 1 heterocycles. The topological polar surface area (TPSA) is 64.1 Å². The Morgan fingerprint density at radius 3 is 2.69 bits per heavy atom. The first-order valence-corrected chi connectivity index (χ1v) is 5.06. The largest absolute Gasteiger partial charge is 0.481 e. The Morgan fingerprint density at radius 2 is 2.12 bits per heavy atom. The van der Waals surface area contributed by atoms with E-state index in [1.54, 1.807) is 6.07 Å². The molecular formula is C11H17N3O2. The molecule has 5 heteroatoms. The molecule has 16 heavy (non-hydrogen) atoms. The summed E-state index contributed by atoms with van der Waals surface area (Å²) in [7, 11) is 1.52. The molecule has 0 radical (unpaired) electrons. The van der Waals surface area contributed by atoms with Crippen LogP contribution in [0.3, 0.4) is 0 Å². The summed E-state index contributed by atoms with van der Waals surface area (Å²) in [5, 5.41) is 2.70. The lowest BCUT2D eigenvalue weighted by molar-refractivity contribution is -0.117. The molecule has 0 bridgehead atoms. The summed E-state index contributed by atoms with van der Waals surface area (Å²) in [6.45, 7) is 6.02. The molecule has 0 spiro atoms. The SMILES string of the molecule is COc1cc(NC(=O)CC(C)(C)C)ncn1. The van der Waals surface area contributed by atoms with Crippen molar-refractivity contribution in [3.63, 3.8) is 0 Å². The van der Waals surface area contributed by atoms with Crippen LogP contribution in [0, 0.1) is 5.41 Å². The first-order chi connectivity index (χ1) is 7.40. The van der Waals surface area contributed by atoms with Gasteiger partial charge in [0.25, 0.3) is 0 Å². The third kappa shape index (κ3) is 4.25. The standard InChI is InChI=1S/C11H17N3O2/c1-11(2,3)6-9(15)14-8-5-10(16-4)13-7-12-8/h5,7H,6H2,1-4H3,(H,12,13,14,15). The molecule has 0 saturated heterocycles. The molecular weight excluding hydrogens is 206 g/mol. The number of hydrogen-bond donors (Lipinski definition) is 1. The highest BCUT2D eigenvalue weighted by Crippen LogP contribution is 2.19. The zero-order chi connectivity index (χ0) is 12.2. The van der Waals surface area contributed by atoms with Gasteiger partial charge in [-0.25, -0.2) is 9.97 Å². The number of rotatable bonds is 3. The van der Waals surface area contributed by atoms with Crippen molar-refractivity contribution in [2.75, 3.05) is 12.4 Å². The van der Waals surface area contributed by atoms with E-state index in [-0.39, 0.29) is 11.3 Å². The zero-order valence-corrected chi connectivity index (χ0v) is 10.1. The Balaban J connectivity index is 2.62. The number of nitrogens with one attached hydrogen (secondary N) is 1. The molecule has 1 aromatic rings. The Labute approximate surface area is 95.3 Å². The molecule has 0 aliphatic carbocycles. The lowest BCUT2D eigenvalue weighted by Crippen LogP contribution is -2.20. The van der Waals surface area contributed by atoms with Gasteiger partial charge in [0.15, 0.2) is 0 Å². The van der Waals surface area contributed by atoms with Gasteiger partial charge in [-0.1, -0.05) is 20.8 Å². The van der Waals surface area contributed by atoms with Crippen LogP contribution in [0.1, 0.15) is 27.2 Å². The number of hydrogen-bond acceptors (Lipinski definition) is 4. The minimum absolute atomic E-state index is 0.0405. The van der Waals surface area contributed by atoms with Crippen molar-refractivity contribution in [1.82, 2.24) is 9.97 Å². The van der Waals surface area contributed by atoms with Crippen molar-refractivity contribution in [3.05, 3.63) is 12.4 Å². The number of methoxy groups -OCH3 is 1. The van der Waals surface area contributed by atoms with E-state index in [0.717, 1.165) is 0 Å². The maximum absolute atomic E-state index is 11.6. The lowest BCUT2D eigenvalue weighted by Gasteiger charge is -2.16. The van der Waals surface area contributed by atoms with E-state index in [2.05, 4.69) is 15.3 Å². The van der Waals surface area contributed by atoms with Crippen molar-refractivity contribution in [1.29, 1.82) is 0 Å². The van der Waals surface area contributed by atoms with E-state index in [1.807, 2.05) is 20.8 Å². The van der Waals surface area contributed by atoms with Gasteiger partial charge in [-0.05, 0) is 5.41 Å². The molecule has 5 nitrogen and oxygen atoms in total. The first kappa shape index (κ1) is 12.4. The molecule has 0 atom stereocenters. The van der Waals surface area contributed by atoms with Gasteiger partial charge in [0.2, 0.25) is 11.8 Å². The average molecular weight is 223 g/mol. The van der Waals surface area contributed by atoms with Crippen LogP contribution in [0.5, 0.6) is 5.88 Å². The number of nitrogens with zero attached hydrogens (tertiary/aromatic N) is 2. The second kappa shape index (κ2) is 4.92. The van der Waals surface area contributed by atoms with Gasteiger partial charge in [0.05, 0.1) is 7.11 Å². The third-order valence-corrected chi connectivity index (χ3v) is 1.81. The summed E-state index contributed by atoms with van der Waals surface area (Å²) < 4.78 is 4.93. The van der Waals surface area contributed by atoms with Gasteiger partial charge in [-0.3, -0.25) is 4.79 Å². The molecule has 1 rings (SSSR count). The first-order valence-electron chi connectivity index (χ1n) is 5.06. The second-order valence-electron chi connectivity index (χ2n) is 4.73. The number of ether oxygens (including phenoxy) is 1. The van der Waals surface area contributed by atoms with Gasteiger partial charge in [-0.2, -0.15) is 0 Å². The van der Waals surface area contributed by atoms with E-state index in [9.17, 15) is 4.79 Å². The number of carbonyl (C=O) groups excluding carboxylic acids is 1. The van der Waals surface area contributed by atoms with Crippen LogP contribution >= 0.6 is 0 Å². The number of carbonyl (C=O) groups is 1. The highest BCUT2D eigenvalue weighted by molar-refractivity contribution is 5.90. The fraction of sp³-hybridized carbons (Fsp3) is 0.545. The summed E-state index contributed by atoms with van der Waals surface area (Å²) in [6.07, 6.45) is 1.80.